The molecule has 0 N–H and O–H groups in total. The second-order valence-electron chi connectivity index (χ2n) is 20.9. The van der Waals surface area contributed by atoms with Crippen molar-refractivity contribution in [3.05, 3.63) is 56.6 Å². The van der Waals surface area contributed by atoms with Crippen LogP contribution in [-0.2, 0) is 43.3 Å². The van der Waals surface area contributed by atoms with E-state index in [9.17, 15) is 0 Å². The van der Waals surface area contributed by atoms with Crippen molar-refractivity contribution in [1.29, 1.82) is 0 Å². The van der Waals surface area contributed by atoms with Crippen molar-refractivity contribution in [2.45, 2.75) is 283 Å². The Kier molecular flexibility index (Phi) is 13.0. The van der Waals surface area contributed by atoms with Gasteiger partial charge in [-0.1, -0.05) is 0 Å². The van der Waals surface area contributed by atoms with Crippen LogP contribution >= 0.6 is 0 Å². The summed E-state index contributed by atoms with van der Waals surface area (Å²) >= 11 is -1.39. The van der Waals surface area contributed by atoms with Gasteiger partial charge in [-0.05, 0) is 0 Å². The fourth-order valence-corrected chi connectivity index (χ4v) is 22.6. The Hall–Kier alpha value is -0.761. The van der Waals surface area contributed by atoms with Gasteiger partial charge in [-0.25, -0.2) is 0 Å². The van der Waals surface area contributed by atoms with Crippen LogP contribution in [0.15, 0.2) is 12.1 Å². The molecule has 0 atom stereocenters. The standard InChI is InChI=1S/2C28H45.Sn/c2*1-9-25(10-2)19-26(11-3,12-4)22-18-24-23(17-21(22)25)27(13-5,14-6)20-28(24,15-7)16-8;/h2*17H,9-16,19-20H2,1-8H3;. The zero-order chi connectivity index (χ0) is 42.0. The van der Waals surface area contributed by atoms with Gasteiger partial charge < -0.3 is 0 Å². The first-order valence-electron chi connectivity index (χ1n) is 25.5. The normalized spacial score (nSPS) is 23.0. The average molecular weight is 882 g/mol. The van der Waals surface area contributed by atoms with E-state index < -0.39 is 21.1 Å². The molecule has 2 aromatic carbocycles. The Bertz CT molecular complexity index is 1500. The van der Waals surface area contributed by atoms with Gasteiger partial charge in [0.25, 0.3) is 0 Å². The summed E-state index contributed by atoms with van der Waals surface area (Å²) in [7, 11) is 0. The molecule has 1 heteroatoms. The Morgan fingerprint density at radius 1 is 0.281 bits per heavy atom. The molecule has 6 rings (SSSR count). The van der Waals surface area contributed by atoms with Crippen LogP contribution in [0.2, 0.25) is 0 Å². The van der Waals surface area contributed by atoms with Crippen LogP contribution in [-0.4, -0.2) is 21.1 Å². The van der Waals surface area contributed by atoms with Crippen LogP contribution in [0.1, 0.15) is 284 Å². The van der Waals surface area contributed by atoms with Crippen LogP contribution in [0.3, 0.4) is 0 Å². The monoisotopic (exact) mass is 883 g/mol. The Balaban J connectivity index is 1.92. The van der Waals surface area contributed by atoms with Crippen LogP contribution in [0.5, 0.6) is 0 Å². The van der Waals surface area contributed by atoms with Crippen molar-refractivity contribution in [2.24, 2.45) is 0 Å². The molecule has 0 saturated heterocycles. The minimum atomic E-state index is -1.39. The molecule has 0 heterocycles. The van der Waals surface area contributed by atoms with E-state index in [-0.39, 0.29) is 21.7 Å². The van der Waals surface area contributed by atoms with Crippen LogP contribution in [0.4, 0.5) is 0 Å². The van der Waals surface area contributed by atoms with Gasteiger partial charge in [0, 0.05) is 0 Å². The third kappa shape index (κ3) is 5.88. The third-order valence-corrected chi connectivity index (χ3v) is 25.1. The summed E-state index contributed by atoms with van der Waals surface area (Å²) in [5.41, 5.74) is 17.6. The van der Waals surface area contributed by atoms with Crippen molar-refractivity contribution in [3.8, 4) is 0 Å². The Morgan fingerprint density at radius 3 is 0.579 bits per heavy atom. The topological polar surface area (TPSA) is 0 Å². The molecule has 2 aromatic rings. The summed E-state index contributed by atoms with van der Waals surface area (Å²) in [5, 5.41) is 0. The summed E-state index contributed by atoms with van der Waals surface area (Å²) in [4.78, 5) is 0. The molecule has 0 aromatic heterocycles. The fourth-order valence-electron chi connectivity index (χ4n) is 15.9. The molecule has 318 valence electrons. The quantitative estimate of drug-likeness (QED) is 0.131. The first-order chi connectivity index (χ1) is 27.2. The molecule has 0 nitrogen and oxygen atoms in total. The van der Waals surface area contributed by atoms with E-state index in [1.165, 1.54) is 128 Å². The number of hydrogen-bond donors (Lipinski definition) is 0. The first-order valence-corrected chi connectivity index (χ1v) is 28.3. The maximum absolute atomic E-state index is 2.97. The summed E-state index contributed by atoms with van der Waals surface area (Å²) in [6, 6.07) is 5.94. The molecule has 0 bridgehead atoms. The average Bonchev–Trinajstić information content (AvgIpc) is 3.94. The number of benzene rings is 2. The van der Waals surface area contributed by atoms with Gasteiger partial charge in [0.1, 0.15) is 0 Å². The van der Waals surface area contributed by atoms with Crippen molar-refractivity contribution in [1.82, 2.24) is 0 Å². The molecule has 0 saturated carbocycles. The molecule has 0 unspecified atom stereocenters. The van der Waals surface area contributed by atoms with Gasteiger partial charge in [-0.2, -0.15) is 0 Å². The molecule has 57 heavy (non-hydrogen) atoms. The zero-order valence-electron chi connectivity index (χ0n) is 40.8. The van der Waals surface area contributed by atoms with Gasteiger partial charge in [0.15, 0.2) is 0 Å². The van der Waals surface area contributed by atoms with E-state index in [0.29, 0.717) is 21.7 Å². The zero-order valence-corrected chi connectivity index (χ0v) is 43.7. The number of fused-ring (bicyclic) bond motifs is 4. The van der Waals surface area contributed by atoms with E-state index in [4.69, 9.17) is 0 Å². The predicted molar refractivity (Wildman–Crippen MR) is 254 cm³/mol. The van der Waals surface area contributed by atoms with E-state index in [1.807, 2.05) is 51.7 Å². The maximum atomic E-state index is 2.97. The van der Waals surface area contributed by atoms with E-state index >= 15 is 0 Å². The SMILES string of the molecule is CCC1(CC)CC(CC)(CC)c2c1cc1c([c]2[Sn][c]2c3c(cc4c2C(CC)(CC)CC4(CC)CC)C(CC)(CC)CC3(CC)CC)C(CC)(CC)CC1(CC)CC. The Labute approximate surface area is 365 Å². The minimum absolute atomic E-state index is 0.289. The summed E-state index contributed by atoms with van der Waals surface area (Å²) in [6.07, 6.45) is 26.1. The molecule has 0 aliphatic heterocycles. The van der Waals surface area contributed by atoms with Crippen LogP contribution < -0.4 is 7.16 Å². The van der Waals surface area contributed by atoms with Crippen LogP contribution in [0, 0.1) is 0 Å². The van der Waals surface area contributed by atoms with Crippen molar-refractivity contribution in [2.75, 3.05) is 0 Å². The van der Waals surface area contributed by atoms with Gasteiger partial charge in [-0.15, -0.1) is 0 Å². The van der Waals surface area contributed by atoms with E-state index in [1.54, 1.807) is 0 Å². The van der Waals surface area contributed by atoms with Gasteiger partial charge in [-0.3, -0.25) is 0 Å². The first kappa shape index (κ1) is 45.8. The Morgan fingerprint density at radius 2 is 0.439 bits per heavy atom. The van der Waals surface area contributed by atoms with Crippen molar-refractivity contribution in [3.63, 3.8) is 0 Å². The van der Waals surface area contributed by atoms with Crippen molar-refractivity contribution < 1.29 is 0 Å². The molecule has 2 radical (unpaired) electrons. The number of hydrogen-bond acceptors (Lipinski definition) is 0. The van der Waals surface area contributed by atoms with Crippen molar-refractivity contribution >= 4 is 28.3 Å². The second-order valence-corrected chi connectivity index (χ2v) is 24.5. The second kappa shape index (κ2) is 16.2. The van der Waals surface area contributed by atoms with Gasteiger partial charge >= 0.3 is 367 Å². The predicted octanol–water partition coefficient (Wildman–Crippen LogP) is 15.4. The molecular weight excluding hydrogens is 791 g/mol. The van der Waals surface area contributed by atoms with E-state index in [2.05, 4.69) is 123 Å². The molecule has 0 fully saturated rings. The molecule has 4 aliphatic rings. The van der Waals surface area contributed by atoms with Gasteiger partial charge in [0.2, 0.25) is 0 Å². The molecule has 0 spiro atoms. The van der Waals surface area contributed by atoms with E-state index in [0.717, 1.165) is 0 Å². The van der Waals surface area contributed by atoms with Crippen LogP contribution in [0.25, 0.3) is 0 Å². The summed E-state index contributed by atoms with van der Waals surface area (Å²) < 4.78 is 4.08. The molecular formula is C56H90Sn. The third-order valence-electron chi connectivity index (χ3n) is 20.8. The number of rotatable bonds is 18. The summed E-state index contributed by atoms with van der Waals surface area (Å²) in [5.74, 6) is 0. The molecule has 4 aliphatic carbocycles. The summed E-state index contributed by atoms with van der Waals surface area (Å²) in [6.45, 7) is 41.2. The molecule has 0 amide bonds. The van der Waals surface area contributed by atoms with Gasteiger partial charge in [0.05, 0.1) is 0 Å². The fraction of sp³-hybridized carbons (Fsp3) is 0.786.